The van der Waals surface area contributed by atoms with Crippen molar-refractivity contribution in [3.8, 4) is 29.0 Å². The van der Waals surface area contributed by atoms with Crippen LogP contribution in [0.2, 0.25) is 15.1 Å². The Bertz CT molecular complexity index is 1390. The first-order valence-corrected chi connectivity index (χ1v) is 11.6. The molecule has 0 N–H and O–H groups in total. The van der Waals surface area contributed by atoms with E-state index in [4.69, 9.17) is 49.2 Å². The number of nitriles is 1. The van der Waals surface area contributed by atoms with E-state index in [0.29, 0.717) is 10.6 Å². The van der Waals surface area contributed by atoms with E-state index < -0.39 is 5.82 Å². The highest BCUT2D eigenvalue weighted by molar-refractivity contribution is 7.98. The molecule has 2 aromatic heterocycles. The van der Waals surface area contributed by atoms with Gasteiger partial charge in [-0.3, -0.25) is 0 Å². The summed E-state index contributed by atoms with van der Waals surface area (Å²) in [5.41, 5.74) is 1.02. The van der Waals surface area contributed by atoms with Gasteiger partial charge in [-0.2, -0.15) is 5.26 Å². The van der Waals surface area contributed by atoms with Gasteiger partial charge in [0.1, 0.15) is 5.75 Å². The van der Waals surface area contributed by atoms with Gasteiger partial charge in [-0.05, 0) is 36.6 Å². The summed E-state index contributed by atoms with van der Waals surface area (Å²) in [5.74, 6) is -0.366. The number of nitrogens with zero attached hydrogens (tertiary/aromatic N) is 4. The van der Waals surface area contributed by atoms with E-state index in [9.17, 15) is 0 Å². The molecule has 2 aromatic carbocycles. The lowest BCUT2D eigenvalue weighted by Crippen LogP contribution is -1.98. The van der Waals surface area contributed by atoms with E-state index in [1.807, 2.05) is 12.3 Å². The Hall–Kier alpha value is -2.83. The molecule has 0 fully saturated rings. The lowest BCUT2D eigenvalue weighted by Gasteiger charge is -2.12. The average molecular weight is 522 g/mol. The van der Waals surface area contributed by atoms with Gasteiger partial charge in [-0.15, -0.1) is 22.0 Å². The fraction of sp³-hybridized carbons (Fsp3) is 0.0909. The molecule has 0 saturated carbocycles. The van der Waals surface area contributed by atoms with Crippen LogP contribution in [0.3, 0.4) is 0 Å². The van der Waals surface area contributed by atoms with Crippen molar-refractivity contribution < 1.29 is 13.5 Å². The van der Waals surface area contributed by atoms with Crippen LogP contribution in [-0.4, -0.2) is 21.4 Å². The SMILES string of the molecule is CSc1cc(-c2nnc(Cc3ccc(Cl)c(Oc4cc(Cl)cc(C#N)c4)c3F)o2)c(Cl)cn1. The fourth-order valence-corrected chi connectivity index (χ4v) is 3.89. The van der Waals surface area contributed by atoms with Crippen molar-refractivity contribution in [2.45, 2.75) is 11.4 Å². The van der Waals surface area contributed by atoms with E-state index in [1.165, 1.54) is 48.3 Å². The summed E-state index contributed by atoms with van der Waals surface area (Å²) in [6.07, 6.45) is 3.37. The smallest absolute Gasteiger partial charge is 0.249 e. The van der Waals surface area contributed by atoms with Crippen LogP contribution in [0.5, 0.6) is 11.5 Å². The van der Waals surface area contributed by atoms with Crippen molar-refractivity contribution >= 4 is 46.6 Å². The number of ether oxygens (including phenoxy) is 1. The maximum Gasteiger partial charge on any atom is 0.249 e. The minimum absolute atomic E-state index is 0.0105. The zero-order chi connectivity index (χ0) is 23.5. The molecule has 4 rings (SSSR count). The number of rotatable bonds is 6. The number of halogens is 4. The van der Waals surface area contributed by atoms with Crippen molar-refractivity contribution in [3.05, 3.63) is 80.5 Å². The maximum absolute atomic E-state index is 15.3. The third-order valence-electron chi connectivity index (χ3n) is 4.43. The topological polar surface area (TPSA) is 84.8 Å². The van der Waals surface area contributed by atoms with Gasteiger partial charge in [0.25, 0.3) is 0 Å². The van der Waals surface area contributed by atoms with Gasteiger partial charge in [0.05, 0.1) is 38.7 Å². The molecule has 0 bridgehead atoms. The summed E-state index contributed by atoms with van der Waals surface area (Å²) in [5, 5.41) is 18.5. The predicted octanol–water partition coefficient (Wildman–Crippen LogP) is 7.21. The van der Waals surface area contributed by atoms with Crippen LogP contribution in [0.4, 0.5) is 4.39 Å². The maximum atomic E-state index is 15.3. The number of thioether (sulfide) groups is 1. The predicted molar refractivity (Wildman–Crippen MR) is 125 cm³/mol. The first-order valence-electron chi connectivity index (χ1n) is 9.25. The van der Waals surface area contributed by atoms with Crippen LogP contribution >= 0.6 is 46.6 Å². The Labute approximate surface area is 207 Å². The van der Waals surface area contributed by atoms with Crippen LogP contribution in [-0.2, 0) is 6.42 Å². The molecule has 11 heteroatoms. The van der Waals surface area contributed by atoms with Gasteiger partial charge < -0.3 is 9.15 Å². The second-order valence-corrected chi connectivity index (χ2v) is 8.70. The number of benzene rings is 2. The van der Waals surface area contributed by atoms with Crippen LogP contribution < -0.4 is 4.74 Å². The monoisotopic (exact) mass is 520 g/mol. The third kappa shape index (κ3) is 5.23. The molecule has 0 unspecified atom stereocenters. The highest BCUT2D eigenvalue weighted by Gasteiger charge is 2.19. The zero-order valence-corrected chi connectivity index (χ0v) is 19.9. The molecule has 0 aliphatic rings. The van der Waals surface area contributed by atoms with Gasteiger partial charge in [0.2, 0.25) is 11.8 Å². The molecule has 0 saturated heterocycles. The van der Waals surface area contributed by atoms with Gasteiger partial charge in [0.15, 0.2) is 11.6 Å². The molecule has 0 spiro atoms. The minimum Gasteiger partial charge on any atom is -0.453 e. The van der Waals surface area contributed by atoms with E-state index in [0.717, 1.165) is 5.03 Å². The molecular formula is C22H12Cl3FN4O2S. The molecule has 0 amide bonds. The van der Waals surface area contributed by atoms with E-state index in [-0.39, 0.29) is 50.9 Å². The number of pyridine rings is 1. The lowest BCUT2D eigenvalue weighted by atomic mass is 10.1. The summed E-state index contributed by atoms with van der Waals surface area (Å²) in [6, 6.07) is 11.0. The van der Waals surface area contributed by atoms with Crippen molar-refractivity contribution in [2.75, 3.05) is 6.26 Å². The molecular weight excluding hydrogens is 510 g/mol. The molecule has 4 aromatic rings. The molecule has 2 heterocycles. The van der Waals surface area contributed by atoms with Gasteiger partial charge >= 0.3 is 0 Å². The number of hydrogen-bond donors (Lipinski definition) is 0. The highest BCUT2D eigenvalue weighted by Crippen LogP contribution is 2.36. The summed E-state index contributed by atoms with van der Waals surface area (Å²) >= 11 is 19.8. The van der Waals surface area contributed by atoms with Gasteiger partial charge in [0, 0.05) is 16.8 Å². The van der Waals surface area contributed by atoms with Crippen LogP contribution in [0.25, 0.3) is 11.5 Å². The largest absolute Gasteiger partial charge is 0.453 e. The number of hydrogen-bond acceptors (Lipinski definition) is 7. The van der Waals surface area contributed by atoms with Gasteiger partial charge in [-0.1, -0.05) is 40.9 Å². The second kappa shape index (κ2) is 9.98. The molecule has 0 aliphatic heterocycles. The molecule has 0 aliphatic carbocycles. The van der Waals surface area contributed by atoms with Crippen molar-refractivity contribution in [2.24, 2.45) is 0 Å². The van der Waals surface area contributed by atoms with E-state index in [2.05, 4.69) is 15.2 Å². The molecule has 0 atom stereocenters. The van der Waals surface area contributed by atoms with Crippen molar-refractivity contribution in [1.82, 2.24) is 15.2 Å². The third-order valence-corrected chi connectivity index (χ3v) is 5.89. The first-order chi connectivity index (χ1) is 15.9. The van der Waals surface area contributed by atoms with Crippen LogP contribution in [0.1, 0.15) is 17.0 Å². The lowest BCUT2D eigenvalue weighted by molar-refractivity contribution is 0.437. The highest BCUT2D eigenvalue weighted by atomic mass is 35.5. The Kier molecular flexibility index (Phi) is 7.05. The minimum atomic E-state index is -0.702. The Morgan fingerprint density at radius 2 is 1.94 bits per heavy atom. The van der Waals surface area contributed by atoms with Crippen LogP contribution in [0.15, 0.2) is 52.0 Å². The normalized spacial score (nSPS) is 10.8. The Balaban J connectivity index is 1.62. The number of aromatic nitrogens is 3. The summed E-state index contributed by atoms with van der Waals surface area (Å²) < 4.78 is 26.6. The molecule has 166 valence electrons. The van der Waals surface area contributed by atoms with E-state index in [1.54, 1.807) is 6.07 Å². The quantitative estimate of drug-likeness (QED) is 0.248. The summed E-state index contributed by atoms with van der Waals surface area (Å²) in [4.78, 5) is 4.18. The fourth-order valence-electron chi connectivity index (χ4n) is 2.90. The van der Waals surface area contributed by atoms with Gasteiger partial charge in [-0.25, -0.2) is 9.37 Å². The molecule has 33 heavy (non-hydrogen) atoms. The first kappa shape index (κ1) is 23.3. The zero-order valence-electron chi connectivity index (χ0n) is 16.8. The second-order valence-electron chi connectivity index (χ2n) is 6.62. The average Bonchev–Trinajstić information content (AvgIpc) is 3.27. The van der Waals surface area contributed by atoms with Crippen molar-refractivity contribution in [1.29, 1.82) is 5.26 Å². The Morgan fingerprint density at radius 3 is 2.70 bits per heavy atom. The van der Waals surface area contributed by atoms with Crippen LogP contribution in [0, 0.1) is 17.1 Å². The Morgan fingerprint density at radius 1 is 1.12 bits per heavy atom. The molecule has 0 radical (unpaired) electrons. The summed E-state index contributed by atoms with van der Waals surface area (Å²) in [7, 11) is 0. The molecule has 6 nitrogen and oxygen atoms in total. The summed E-state index contributed by atoms with van der Waals surface area (Å²) in [6.45, 7) is 0. The van der Waals surface area contributed by atoms with Crippen molar-refractivity contribution in [3.63, 3.8) is 0 Å². The van der Waals surface area contributed by atoms with E-state index >= 15 is 4.39 Å². The standard InChI is InChI=1S/C22H12Cl3FN4O2S/c1-33-19-8-15(17(25)10-28-19)22-30-29-18(32-22)6-12-2-3-16(24)21(20(12)26)31-14-5-11(9-27)4-13(23)7-14/h2-5,7-8,10H,6H2,1H3.